The Morgan fingerprint density at radius 2 is 2.22 bits per heavy atom. The van der Waals surface area contributed by atoms with Crippen LogP contribution < -0.4 is 5.73 Å². The van der Waals surface area contributed by atoms with Crippen molar-refractivity contribution in [1.29, 1.82) is 0 Å². The van der Waals surface area contributed by atoms with Gasteiger partial charge in [0.2, 0.25) is 11.7 Å². The van der Waals surface area contributed by atoms with Crippen molar-refractivity contribution in [2.24, 2.45) is 10.9 Å². The summed E-state index contributed by atoms with van der Waals surface area (Å²) in [7, 11) is 0. The molecule has 0 aliphatic heterocycles. The Hall–Kier alpha value is -1.79. The van der Waals surface area contributed by atoms with E-state index in [0.717, 1.165) is 5.56 Å². The maximum absolute atomic E-state index is 8.50. The lowest BCUT2D eigenvalue weighted by Gasteiger charge is -2.05. The van der Waals surface area contributed by atoms with Gasteiger partial charge in [-0.25, -0.2) is 9.67 Å². The molecule has 0 saturated carbocycles. The fourth-order valence-corrected chi connectivity index (χ4v) is 1.76. The number of oxime groups is 1. The highest BCUT2D eigenvalue weighted by molar-refractivity contribution is 6.42. The summed E-state index contributed by atoms with van der Waals surface area (Å²) in [6, 6.07) is 5.33. The van der Waals surface area contributed by atoms with Crippen LogP contribution in [0.5, 0.6) is 0 Å². The third-order valence-electron chi connectivity index (χ3n) is 2.24. The van der Waals surface area contributed by atoms with Crippen LogP contribution in [0.25, 0.3) is 0 Å². The molecule has 6 nitrogen and oxygen atoms in total. The van der Waals surface area contributed by atoms with Gasteiger partial charge in [-0.2, -0.15) is 0 Å². The summed E-state index contributed by atoms with van der Waals surface area (Å²) in [5.74, 6) is 0.00147. The van der Waals surface area contributed by atoms with E-state index in [0.29, 0.717) is 16.6 Å². The van der Waals surface area contributed by atoms with Gasteiger partial charge < -0.3 is 10.9 Å². The molecule has 1 heterocycles. The average Bonchev–Trinajstić information content (AvgIpc) is 2.82. The molecule has 94 valence electrons. The molecule has 8 heteroatoms. The number of nitrogens with zero attached hydrogens (tertiary/aromatic N) is 4. The summed E-state index contributed by atoms with van der Waals surface area (Å²) in [6.07, 6.45) is 1.46. The van der Waals surface area contributed by atoms with Crippen LogP contribution in [-0.2, 0) is 6.54 Å². The van der Waals surface area contributed by atoms with Gasteiger partial charge in [-0.3, -0.25) is 0 Å². The number of amidine groups is 1. The molecule has 0 aliphatic carbocycles. The van der Waals surface area contributed by atoms with Crippen LogP contribution in [0.4, 0.5) is 0 Å². The Kier molecular flexibility index (Phi) is 3.69. The molecule has 0 atom stereocenters. The SMILES string of the molecule is N/C(=N/O)c1ncn(Cc2cccc(Cl)c2Cl)n1. The molecule has 1 aromatic heterocycles. The normalized spacial score (nSPS) is 11.8. The second kappa shape index (κ2) is 5.24. The lowest BCUT2D eigenvalue weighted by molar-refractivity contribution is 0.318. The lowest BCUT2D eigenvalue weighted by Crippen LogP contribution is -2.15. The maximum atomic E-state index is 8.50. The van der Waals surface area contributed by atoms with Crippen LogP contribution in [0.1, 0.15) is 11.4 Å². The third-order valence-corrected chi connectivity index (χ3v) is 3.10. The highest BCUT2D eigenvalue weighted by atomic mass is 35.5. The van der Waals surface area contributed by atoms with Crippen molar-refractivity contribution in [3.05, 3.63) is 46.0 Å². The van der Waals surface area contributed by atoms with E-state index in [4.69, 9.17) is 34.1 Å². The van der Waals surface area contributed by atoms with E-state index < -0.39 is 0 Å². The van der Waals surface area contributed by atoms with Crippen molar-refractivity contribution >= 4 is 29.0 Å². The van der Waals surface area contributed by atoms with Crippen LogP contribution in [0, 0.1) is 0 Å². The molecule has 1 aromatic carbocycles. The maximum Gasteiger partial charge on any atom is 0.219 e. The van der Waals surface area contributed by atoms with Gasteiger partial charge in [-0.15, -0.1) is 5.10 Å². The van der Waals surface area contributed by atoms with Crippen LogP contribution in [0.3, 0.4) is 0 Å². The predicted molar refractivity (Wildman–Crippen MR) is 68.1 cm³/mol. The topological polar surface area (TPSA) is 89.3 Å². The van der Waals surface area contributed by atoms with Gasteiger partial charge in [0, 0.05) is 0 Å². The van der Waals surface area contributed by atoms with Gasteiger partial charge in [0.15, 0.2) is 0 Å². The van der Waals surface area contributed by atoms with E-state index in [1.807, 2.05) is 6.07 Å². The molecule has 2 rings (SSSR count). The molecule has 0 saturated heterocycles. The lowest BCUT2D eigenvalue weighted by atomic mass is 10.2. The molecule has 0 aliphatic rings. The van der Waals surface area contributed by atoms with Gasteiger partial charge in [0.05, 0.1) is 16.6 Å². The first-order valence-corrected chi connectivity index (χ1v) is 5.67. The number of halogens is 2. The smallest absolute Gasteiger partial charge is 0.219 e. The molecule has 0 fully saturated rings. The Balaban J connectivity index is 2.24. The average molecular weight is 286 g/mol. The molecule has 0 bridgehead atoms. The van der Waals surface area contributed by atoms with E-state index in [-0.39, 0.29) is 11.7 Å². The van der Waals surface area contributed by atoms with Gasteiger partial charge in [-0.1, -0.05) is 40.5 Å². The van der Waals surface area contributed by atoms with E-state index in [2.05, 4.69) is 15.2 Å². The Bertz CT molecular complexity index is 596. The van der Waals surface area contributed by atoms with E-state index >= 15 is 0 Å². The molecule has 2 aromatic rings. The van der Waals surface area contributed by atoms with Crippen molar-refractivity contribution in [2.45, 2.75) is 6.54 Å². The minimum Gasteiger partial charge on any atom is -0.409 e. The van der Waals surface area contributed by atoms with Crippen molar-refractivity contribution in [3.63, 3.8) is 0 Å². The fourth-order valence-electron chi connectivity index (χ4n) is 1.38. The number of nitrogens with two attached hydrogens (primary N) is 1. The number of rotatable bonds is 3. The monoisotopic (exact) mass is 285 g/mol. The number of benzene rings is 1. The Labute approximate surface area is 113 Å². The highest BCUT2D eigenvalue weighted by Crippen LogP contribution is 2.25. The first-order chi connectivity index (χ1) is 8.61. The second-order valence-electron chi connectivity index (χ2n) is 3.46. The van der Waals surface area contributed by atoms with Gasteiger partial charge in [0.1, 0.15) is 6.33 Å². The van der Waals surface area contributed by atoms with E-state index in [9.17, 15) is 0 Å². The summed E-state index contributed by atoms with van der Waals surface area (Å²) in [4.78, 5) is 3.90. The minimum absolute atomic E-state index is 0.147. The number of hydrogen-bond donors (Lipinski definition) is 2. The van der Waals surface area contributed by atoms with Crippen molar-refractivity contribution < 1.29 is 5.21 Å². The molecule has 0 unspecified atom stereocenters. The van der Waals surface area contributed by atoms with Gasteiger partial charge >= 0.3 is 0 Å². The van der Waals surface area contributed by atoms with Crippen LogP contribution in [0.15, 0.2) is 29.7 Å². The van der Waals surface area contributed by atoms with Crippen molar-refractivity contribution in [3.8, 4) is 0 Å². The van der Waals surface area contributed by atoms with Crippen LogP contribution in [0.2, 0.25) is 10.0 Å². The minimum atomic E-state index is -0.147. The first kappa shape index (κ1) is 12.7. The summed E-state index contributed by atoms with van der Waals surface area (Å²) in [5.41, 5.74) is 6.18. The molecular formula is C10H9Cl2N5O. The van der Waals surface area contributed by atoms with Gasteiger partial charge in [0.25, 0.3) is 0 Å². The molecule has 18 heavy (non-hydrogen) atoms. The molecular weight excluding hydrogens is 277 g/mol. The summed E-state index contributed by atoms with van der Waals surface area (Å²) in [5, 5.41) is 16.3. The first-order valence-electron chi connectivity index (χ1n) is 4.92. The Morgan fingerprint density at radius 3 is 2.94 bits per heavy atom. The van der Waals surface area contributed by atoms with E-state index in [1.165, 1.54) is 11.0 Å². The molecule has 0 amide bonds. The van der Waals surface area contributed by atoms with Crippen LogP contribution in [-0.4, -0.2) is 25.8 Å². The third kappa shape index (κ3) is 2.55. The zero-order chi connectivity index (χ0) is 13.1. The molecule has 0 radical (unpaired) electrons. The Morgan fingerprint density at radius 1 is 1.44 bits per heavy atom. The fraction of sp³-hybridized carbons (Fsp3) is 0.100. The van der Waals surface area contributed by atoms with Crippen LogP contribution >= 0.6 is 23.2 Å². The summed E-state index contributed by atoms with van der Waals surface area (Å²) < 4.78 is 1.52. The van der Waals surface area contributed by atoms with Crippen molar-refractivity contribution in [1.82, 2.24) is 14.8 Å². The standard InChI is InChI=1S/C10H9Cl2N5O/c11-7-3-1-2-6(8(7)12)4-17-5-14-10(15-17)9(13)16-18/h1-3,5,18H,4H2,(H2,13,16). The van der Waals surface area contributed by atoms with Crippen molar-refractivity contribution in [2.75, 3.05) is 0 Å². The van der Waals surface area contributed by atoms with Gasteiger partial charge in [-0.05, 0) is 11.6 Å². The number of aromatic nitrogens is 3. The largest absolute Gasteiger partial charge is 0.409 e. The highest BCUT2D eigenvalue weighted by Gasteiger charge is 2.09. The summed E-state index contributed by atoms with van der Waals surface area (Å²) >= 11 is 12.0. The number of hydrogen-bond acceptors (Lipinski definition) is 4. The summed E-state index contributed by atoms with van der Waals surface area (Å²) in [6.45, 7) is 0.394. The quantitative estimate of drug-likeness (QED) is 0.389. The molecule has 0 spiro atoms. The second-order valence-corrected chi connectivity index (χ2v) is 4.25. The van der Waals surface area contributed by atoms with E-state index in [1.54, 1.807) is 12.1 Å². The predicted octanol–water partition coefficient (Wildman–Crippen LogP) is 1.73. The molecule has 3 N–H and O–H groups in total. The zero-order valence-electron chi connectivity index (χ0n) is 9.09. The zero-order valence-corrected chi connectivity index (χ0v) is 10.6.